The molecule has 0 unspecified atom stereocenters. The maximum atomic E-state index is 13.7. The number of ketones is 2. The molecular weight excluding hydrogens is 1850 g/mol. The Morgan fingerprint density at radius 1 is 0.257 bits per heavy atom. The third-order valence-corrected chi connectivity index (χ3v) is 29.1. The summed E-state index contributed by atoms with van der Waals surface area (Å²) >= 11 is 2.61. The predicted molar refractivity (Wildman–Crippen MR) is 518 cm³/mol. The van der Waals surface area contributed by atoms with Crippen LogP contribution in [-0.2, 0) is 40.5 Å². The van der Waals surface area contributed by atoms with Crippen LogP contribution in [0.5, 0.6) is 23.0 Å². The third-order valence-electron chi connectivity index (χ3n) is 23.5. The molecule has 0 amide bonds. The fourth-order valence-electron chi connectivity index (χ4n) is 17.6. The van der Waals surface area contributed by atoms with E-state index in [1.54, 1.807) is 48.5 Å². The molecule has 0 saturated heterocycles. The molecule has 0 spiro atoms. The van der Waals surface area contributed by atoms with Crippen LogP contribution in [-0.4, -0.2) is 87.6 Å². The molecule has 20 nitrogen and oxygen atoms in total. The number of carbonyl (C=O) groups is 2. The number of rotatable bonds is 18. The molecule has 0 N–H and O–H groups in total. The Hall–Kier alpha value is -11.7. The van der Waals surface area contributed by atoms with Crippen molar-refractivity contribution in [2.45, 2.75) is 19.6 Å². The van der Waals surface area contributed by atoms with E-state index in [0.29, 0.717) is 43.3 Å². The van der Waals surface area contributed by atoms with E-state index in [1.165, 1.54) is 34.8 Å². The van der Waals surface area contributed by atoms with Crippen LogP contribution in [0.15, 0.2) is 384 Å². The largest absolute Gasteiger partial charge is 1.00 e. The molecular formula is C108H66Li6N2O18S6. The summed E-state index contributed by atoms with van der Waals surface area (Å²) in [5.74, 6) is -3.66. The van der Waals surface area contributed by atoms with Gasteiger partial charge in [-0.2, -0.15) is 0 Å². The first kappa shape index (κ1) is 106. The van der Waals surface area contributed by atoms with Crippen LogP contribution in [0.25, 0.3) is 173 Å². The van der Waals surface area contributed by atoms with Gasteiger partial charge in [0.15, 0.2) is 11.6 Å². The minimum Gasteiger partial charge on any atom is -0.872 e. The summed E-state index contributed by atoms with van der Waals surface area (Å²) in [7, 11) is -17.6. The minimum atomic E-state index is -5.00. The van der Waals surface area contributed by atoms with Gasteiger partial charge in [-0.05, 0) is 198 Å². The number of fused-ring (bicyclic) bond motifs is 8. The zero-order valence-electron chi connectivity index (χ0n) is 76.3. The normalized spacial score (nSPS) is 11.4. The summed E-state index contributed by atoms with van der Waals surface area (Å²) in [6.07, 6.45) is 0. The van der Waals surface area contributed by atoms with Crippen molar-refractivity contribution in [1.29, 1.82) is 0 Å². The van der Waals surface area contributed by atoms with E-state index < -0.39 is 96.0 Å². The second kappa shape index (κ2) is 43.4. The van der Waals surface area contributed by atoms with Crippen LogP contribution in [0.1, 0.15) is 31.8 Å². The van der Waals surface area contributed by atoms with Gasteiger partial charge in [0, 0.05) is 33.4 Å². The maximum absolute atomic E-state index is 13.7. The standard InChI is InChI=1S/C40H24N2O6S4.2C34H24O6S.6Li/c43-51(44,45)35-21-23(17-19-29(35)39-41-31-13-5-7-15-33(31)49-39)37-25-9-1-2-10-26(25)38(28-12-4-3-11-27(28)37)24-18-20-30(36(22-24)52(46,47)48)40-42-32-14-6-8-16-34(32)50-40;1-40-30-20-29(35)28(19-31(30)41(37,38)39)34(36)23-16-17-26-27(18-23)33(22-12-6-3-7-13-22)25-15-9-8-14-24(25)32(26)21-10-4-2-5-11-21;1-40-30-20-29(35)28(19-31(30)41(37,38)39)34(36)23-17-15-22(16-18-23)33-26-13-7-5-11-24(26)32(21-9-3-2-4-10-21)25-12-6-8-14-27(25)33;;;;;;/h1-22H,(H,43,44,45)(H,46,47,48);2*2-20,35H,1H3,(H,37,38,39);;;;;;/q;;;6*+1/p-6. The van der Waals surface area contributed by atoms with Crippen LogP contribution >= 0.6 is 22.7 Å². The molecule has 0 radical (unpaired) electrons. The van der Waals surface area contributed by atoms with Crippen molar-refractivity contribution < 1.29 is 194 Å². The molecule has 0 bridgehead atoms. The quantitative estimate of drug-likeness (QED) is 0.0482. The van der Waals surface area contributed by atoms with E-state index in [-0.39, 0.29) is 145 Å². The van der Waals surface area contributed by atoms with Crippen LogP contribution in [0, 0.1) is 0 Å². The molecule has 658 valence electrons. The number of para-hydroxylation sites is 2. The molecule has 0 saturated carbocycles. The molecule has 19 aromatic carbocycles. The van der Waals surface area contributed by atoms with Crippen molar-refractivity contribution in [3.63, 3.8) is 0 Å². The van der Waals surface area contributed by atoms with Crippen molar-refractivity contribution >= 4 is 160 Å². The number of hydrogen-bond donors (Lipinski definition) is 0. The van der Waals surface area contributed by atoms with Crippen molar-refractivity contribution in [2.24, 2.45) is 0 Å². The molecule has 0 aliphatic rings. The van der Waals surface area contributed by atoms with Crippen LogP contribution in [0.2, 0.25) is 0 Å². The van der Waals surface area contributed by atoms with Gasteiger partial charge in [0.2, 0.25) is 0 Å². The van der Waals surface area contributed by atoms with E-state index in [9.17, 15) is 71.7 Å². The van der Waals surface area contributed by atoms with Gasteiger partial charge in [0.05, 0.1) is 54.2 Å². The summed E-state index contributed by atoms with van der Waals surface area (Å²) in [5.41, 5.74) is 11.8. The maximum Gasteiger partial charge on any atom is 1.00 e. The number of benzene rings is 19. The first-order chi connectivity index (χ1) is 64.6. The third kappa shape index (κ3) is 20.6. The second-order valence-electron chi connectivity index (χ2n) is 31.3. The van der Waals surface area contributed by atoms with Gasteiger partial charge in [-0.15, -0.1) is 22.7 Å². The zero-order valence-corrected chi connectivity index (χ0v) is 81.2. The van der Waals surface area contributed by atoms with Crippen molar-refractivity contribution in [1.82, 2.24) is 9.97 Å². The zero-order chi connectivity index (χ0) is 93.2. The Morgan fingerprint density at radius 2 is 0.507 bits per heavy atom. The van der Waals surface area contributed by atoms with E-state index >= 15 is 0 Å². The summed E-state index contributed by atoms with van der Waals surface area (Å²) in [6.45, 7) is 0. The summed E-state index contributed by atoms with van der Waals surface area (Å²) in [4.78, 5) is 34.0. The monoisotopic (exact) mass is 1910 g/mol. The van der Waals surface area contributed by atoms with Crippen LogP contribution in [0.3, 0.4) is 0 Å². The second-order valence-corrected chi connectivity index (χ2v) is 38.7. The Labute approximate surface area is 885 Å². The Morgan fingerprint density at radius 3 is 0.807 bits per heavy atom. The number of thiazole rings is 2. The Kier molecular flexibility index (Phi) is 32.7. The molecule has 0 atom stereocenters. The van der Waals surface area contributed by atoms with Crippen LogP contribution < -0.4 is 133 Å². The fraction of sp³-hybridized carbons (Fsp3) is 0.0185. The molecule has 140 heavy (non-hydrogen) atoms. The summed E-state index contributed by atoms with van der Waals surface area (Å²) in [5, 5.41) is 37.3. The number of aromatic nitrogens is 2. The molecule has 0 aliphatic heterocycles. The van der Waals surface area contributed by atoms with Gasteiger partial charge in [0.1, 0.15) is 62.0 Å². The number of ether oxygens (including phenoxy) is 2. The molecule has 0 aliphatic carbocycles. The van der Waals surface area contributed by atoms with Crippen molar-refractivity contribution in [3.05, 3.63) is 386 Å². The predicted octanol–water partition coefficient (Wildman–Crippen LogP) is 4.80. The smallest absolute Gasteiger partial charge is 0.872 e. The number of methoxy groups -OCH3 is 2. The molecule has 2 aromatic heterocycles. The molecule has 2 heterocycles. The van der Waals surface area contributed by atoms with E-state index in [0.717, 1.165) is 157 Å². The number of nitrogens with zero attached hydrogens (tertiary/aromatic N) is 2. The topological polar surface area (TPSA) is 353 Å². The van der Waals surface area contributed by atoms with Crippen molar-refractivity contribution in [3.8, 4) is 111 Å². The molecule has 32 heteroatoms. The fourth-order valence-corrected chi connectivity index (χ4v) is 22.5. The Bertz CT molecular complexity index is 8550. The first-order valence-corrected chi connectivity index (χ1v) is 48.7. The van der Waals surface area contributed by atoms with E-state index in [2.05, 4.69) is 52.4 Å². The van der Waals surface area contributed by atoms with Crippen LogP contribution in [0.4, 0.5) is 0 Å². The van der Waals surface area contributed by atoms with Gasteiger partial charge < -0.3 is 37.9 Å². The van der Waals surface area contributed by atoms with Gasteiger partial charge in [-0.3, -0.25) is 9.59 Å². The summed E-state index contributed by atoms with van der Waals surface area (Å²) in [6, 6.07) is 109. The van der Waals surface area contributed by atoms with E-state index in [1.807, 2.05) is 237 Å². The number of hydrogen-bond acceptors (Lipinski definition) is 22. The van der Waals surface area contributed by atoms with E-state index in [4.69, 9.17) is 9.47 Å². The summed E-state index contributed by atoms with van der Waals surface area (Å²) < 4.78 is 159. The SMILES string of the molecule is COc1cc([O-])c(C(=O)c2ccc(-c3c4ccccc4c(-c4ccccc4)c4ccccc34)cc2)cc1S(=O)(=O)[O-].COc1cc([O-])c(C(=O)c2ccc3c(-c4ccccc4)c4ccccc4c(-c4ccccc4)c3c2)cc1S(=O)(=O)[O-].O=S(=O)([O-])c1cc(-c2c3ccccc3c(-c3ccc(-c4nc5ccccc5s4)c(S(=O)(=O)[O-])c3)c3ccccc23)ccc1-c1nc2ccccc2s1.[Li+].[Li+].[Li+].[Li+].[Li+].[Li+]. The molecule has 0 fully saturated rings. The average molecular weight is 1910 g/mol. The van der Waals surface area contributed by atoms with Crippen molar-refractivity contribution in [2.75, 3.05) is 14.2 Å². The molecule has 21 rings (SSSR count). The van der Waals surface area contributed by atoms with Gasteiger partial charge in [-0.25, -0.2) is 43.6 Å². The van der Waals surface area contributed by atoms with Gasteiger partial charge in [0.25, 0.3) is 0 Å². The Balaban J connectivity index is 0.000000175. The average Bonchev–Trinajstić information content (AvgIpc) is 1.00. The first-order valence-electron chi connectivity index (χ1n) is 41.4. The minimum absolute atomic E-state index is 0. The number of carbonyl (C=O) groups excluding carboxylic acids is 2. The van der Waals surface area contributed by atoms with Gasteiger partial charge in [-0.1, -0.05) is 309 Å². The molecule has 21 aromatic rings. The van der Waals surface area contributed by atoms with Gasteiger partial charge >= 0.3 is 113 Å².